The zero-order valence-corrected chi connectivity index (χ0v) is 13.4. The Hall–Kier alpha value is -1.51. The zero-order valence-electron chi connectivity index (χ0n) is 12.6. The molecule has 0 spiro atoms. The van der Waals surface area contributed by atoms with Gasteiger partial charge < -0.3 is 9.64 Å². The molecular weight excluding hydrogens is 323 g/mol. The van der Waals surface area contributed by atoms with Gasteiger partial charge in [0.25, 0.3) is 0 Å². The van der Waals surface area contributed by atoms with Gasteiger partial charge in [0.1, 0.15) is 12.2 Å². The molecule has 3 rings (SSSR count). The van der Waals surface area contributed by atoms with Crippen molar-refractivity contribution in [3.05, 3.63) is 30.3 Å². The van der Waals surface area contributed by atoms with Gasteiger partial charge in [-0.1, -0.05) is 18.2 Å². The van der Waals surface area contributed by atoms with E-state index in [1.807, 2.05) is 0 Å². The van der Waals surface area contributed by atoms with Crippen LogP contribution in [0.4, 0.5) is 4.39 Å². The molecule has 2 aliphatic rings. The Morgan fingerprint density at radius 2 is 1.83 bits per heavy atom. The summed E-state index contributed by atoms with van der Waals surface area (Å²) in [6.45, 7) is 1.38. The Morgan fingerprint density at radius 3 is 2.48 bits per heavy atom. The molecule has 1 aromatic carbocycles. The molecule has 0 aromatic heterocycles. The average molecular weight is 342 g/mol. The Morgan fingerprint density at radius 1 is 1.17 bits per heavy atom. The van der Waals surface area contributed by atoms with Crippen molar-refractivity contribution in [3.63, 3.8) is 0 Å². The third-order valence-corrected chi connectivity index (χ3v) is 6.05. The monoisotopic (exact) mass is 342 g/mol. The number of morpholine rings is 1. The number of benzene rings is 1. The fourth-order valence-electron chi connectivity index (χ4n) is 2.97. The predicted octanol–water partition coefficient (Wildman–Crippen LogP) is 0.647. The second-order valence-corrected chi connectivity index (χ2v) is 7.56. The van der Waals surface area contributed by atoms with Crippen molar-refractivity contribution in [2.24, 2.45) is 0 Å². The highest BCUT2D eigenvalue weighted by atomic mass is 32.2. The number of amides is 1. The van der Waals surface area contributed by atoms with E-state index < -0.39 is 22.2 Å². The maximum atomic E-state index is 13.9. The number of rotatable bonds is 3. The molecule has 2 fully saturated rings. The summed E-state index contributed by atoms with van der Waals surface area (Å²) in [5, 5.41) is 0. The first-order chi connectivity index (χ1) is 11.0. The van der Waals surface area contributed by atoms with Gasteiger partial charge in [-0.15, -0.1) is 0 Å². The maximum absolute atomic E-state index is 13.9. The third-order valence-electron chi connectivity index (χ3n) is 4.16. The van der Waals surface area contributed by atoms with E-state index in [2.05, 4.69) is 0 Å². The van der Waals surface area contributed by atoms with Crippen LogP contribution in [-0.2, 0) is 19.6 Å². The normalized spacial score (nSPS) is 26.4. The van der Waals surface area contributed by atoms with Crippen LogP contribution < -0.4 is 0 Å². The second kappa shape index (κ2) is 6.54. The van der Waals surface area contributed by atoms with Crippen LogP contribution in [0.5, 0.6) is 0 Å². The molecule has 126 valence electrons. The SMILES string of the molecule is O=C([C@@H]1C[C@H](F)CN1S(=O)(=O)c1ccccc1)N1CCOCC1. The molecule has 23 heavy (non-hydrogen) atoms. The summed E-state index contributed by atoms with van der Waals surface area (Å²) in [6.07, 6.45) is -1.43. The summed E-state index contributed by atoms with van der Waals surface area (Å²) in [6, 6.07) is 6.85. The van der Waals surface area contributed by atoms with Crippen LogP contribution in [0, 0.1) is 0 Å². The molecule has 2 aliphatic heterocycles. The molecule has 1 aromatic rings. The minimum Gasteiger partial charge on any atom is -0.378 e. The predicted molar refractivity (Wildman–Crippen MR) is 81.0 cm³/mol. The topological polar surface area (TPSA) is 66.9 Å². The van der Waals surface area contributed by atoms with Gasteiger partial charge in [0.05, 0.1) is 18.1 Å². The lowest BCUT2D eigenvalue weighted by atomic mass is 10.2. The number of hydrogen-bond donors (Lipinski definition) is 0. The lowest BCUT2D eigenvalue weighted by Crippen LogP contribution is -2.50. The first-order valence-corrected chi connectivity index (χ1v) is 9.01. The molecule has 0 N–H and O–H groups in total. The molecule has 8 heteroatoms. The van der Waals surface area contributed by atoms with Gasteiger partial charge in [-0.2, -0.15) is 4.31 Å². The van der Waals surface area contributed by atoms with Gasteiger partial charge in [0.2, 0.25) is 15.9 Å². The number of hydrogen-bond acceptors (Lipinski definition) is 4. The van der Waals surface area contributed by atoms with Crippen LogP contribution in [0.15, 0.2) is 35.2 Å². The summed E-state index contributed by atoms with van der Waals surface area (Å²) < 4.78 is 45.6. The first-order valence-electron chi connectivity index (χ1n) is 7.57. The highest BCUT2D eigenvalue weighted by Gasteiger charge is 2.45. The summed E-state index contributed by atoms with van der Waals surface area (Å²) >= 11 is 0. The molecule has 0 radical (unpaired) electrons. The van der Waals surface area contributed by atoms with Crippen molar-refractivity contribution in [1.29, 1.82) is 0 Å². The van der Waals surface area contributed by atoms with Crippen molar-refractivity contribution in [3.8, 4) is 0 Å². The third kappa shape index (κ3) is 3.24. The minimum atomic E-state index is -3.89. The van der Waals surface area contributed by atoms with E-state index in [1.165, 1.54) is 12.1 Å². The summed E-state index contributed by atoms with van der Waals surface area (Å²) in [5.74, 6) is -0.340. The van der Waals surface area contributed by atoms with Crippen LogP contribution >= 0.6 is 0 Å². The molecule has 1 amide bonds. The summed E-state index contributed by atoms with van der Waals surface area (Å²) in [5.41, 5.74) is 0. The van der Waals surface area contributed by atoms with Gasteiger partial charge in [-0.25, -0.2) is 12.8 Å². The molecule has 6 nitrogen and oxygen atoms in total. The minimum absolute atomic E-state index is 0.0777. The highest BCUT2D eigenvalue weighted by molar-refractivity contribution is 7.89. The number of alkyl halides is 1. The fourth-order valence-corrected chi connectivity index (χ4v) is 4.61. The molecule has 0 aliphatic carbocycles. The van der Waals surface area contributed by atoms with Crippen molar-refractivity contribution >= 4 is 15.9 Å². The van der Waals surface area contributed by atoms with Gasteiger partial charge in [0.15, 0.2) is 0 Å². The van der Waals surface area contributed by atoms with Crippen molar-refractivity contribution in [2.75, 3.05) is 32.8 Å². The van der Waals surface area contributed by atoms with E-state index >= 15 is 0 Å². The largest absolute Gasteiger partial charge is 0.378 e. The number of carbonyl (C=O) groups excluding carboxylic acids is 1. The molecule has 2 saturated heterocycles. The number of halogens is 1. The van der Waals surface area contributed by atoms with Crippen LogP contribution in [0.2, 0.25) is 0 Å². The number of carbonyl (C=O) groups is 1. The van der Waals surface area contributed by atoms with Crippen LogP contribution in [0.3, 0.4) is 0 Å². The summed E-state index contributed by atoms with van der Waals surface area (Å²) in [4.78, 5) is 14.3. The average Bonchev–Trinajstić information content (AvgIpc) is 2.98. The molecule has 0 bridgehead atoms. The van der Waals surface area contributed by atoms with E-state index in [4.69, 9.17) is 4.74 Å². The van der Waals surface area contributed by atoms with E-state index in [1.54, 1.807) is 23.1 Å². The van der Waals surface area contributed by atoms with Crippen LogP contribution in [0.1, 0.15) is 6.42 Å². The number of ether oxygens (including phenoxy) is 1. The van der Waals surface area contributed by atoms with Crippen molar-refractivity contribution in [1.82, 2.24) is 9.21 Å². The Balaban J connectivity index is 1.86. The highest BCUT2D eigenvalue weighted by Crippen LogP contribution is 2.29. The Bertz CT molecular complexity index is 661. The lowest BCUT2D eigenvalue weighted by Gasteiger charge is -2.32. The smallest absolute Gasteiger partial charge is 0.243 e. The Labute approximate surface area is 134 Å². The van der Waals surface area contributed by atoms with Crippen LogP contribution in [0.25, 0.3) is 0 Å². The molecule has 0 unspecified atom stereocenters. The quantitative estimate of drug-likeness (QED) is 0.809. The maximum Gasteiger partial charge on any atom is 0.243 e. The molecule has 2 atom stereocenters. The standard InChI is InChI=1S/C15H19FN2O4S/c16-12-10-14(15(19)17-6-8-22-9-7-17)18(11-12)23(20,21)13-4-2-1-3-5-13/h1-5,12,14H,6-11H2/t12-,14-/m0/s1. The van der Waals surface area contributed by atoms with E-state index in [9.17, 15) is 17.6 Å². The zero-order chi connectivity index (χ0) is 16.4. The van der Waals surface area contributed by atoms with E-state index in [0.29, 0.717) is 26.3 Å². The number of nitrogens with zero attached hydrogens (tertiary/aromatic N) is 2. The van der Waals surface area contributed by atoms with Gasteiger partial charge in [-0.3, -0.25) is 4.79 Å². The van der Waals surface area contributed by atoms with Gasteiger partial charge in [0, 0.05) is 26.1 Å². The fraction of sp³-hybridized carbons (Fsp3) is 0.533. The molecule has 2 heterocycles. The number of sulfonamides is 1. The molecular formula is C15H19FN2O4S. The van der Waals surface area contributed by atoms with E-state index in [-0.39, 0.29) is 23.8 Å². The summed E-state index contributed by atoms with van der Waals surface area (Å²) in [7, 11) is -3.89. The van der Waals surface area contributed by atoms with Gasteiger partial charge in [-0.05, 0) is 12.1 Å². The first kappa shape index (κ1) is 16.4. The molecule has 0 saturated carbocycles. The second-order valence-electron chi connectivity index (χ2n) is 5.67. The lowest BCUT2D eigenvalue weighted by molar-refractivity contribution is -0.138. The Kier molecular flexibility index (Phi) is 4.65. The van der Waals surface area contributed by atoms with Crippen molar-refractivity contribution < 1.29 is 22.3 Å². The van der Waals surface area contributed by atoms with Gasteiger partial charge >= 0.3 is 0 Å². The van der Waals surface area contributed by atoms with Crippen LogP contribution in [-0.4, -0.2) is 68.6 Å². The van der Waals surface area contributed by atoms with Crippen molar-refractivity contribution in [2.45, 2.75) is 23.5 Å². The van der Waals surface area contributed by atoms with E-state index in [0.717, 1.165) is 4.31 Å².